The van der Waals surface area contributed by atoms with Crippen molar-refractivity contribution in [3.8, 4) is 0 Å². The van der Waals surface area contributed by atoms with Gasteiger partial charge in [0.1, 0.15) is 5.76 Å². The Morgan fingerprint density at radius 2 is 2.30 bits per heavy atom. The molecule has 0 aliphatic heterocycles. The van der Waals surface area contributed by atoms with Gasteiger partial charge in [0.05, 0.1) is 18.6 Å². The molecule has 3 aromatic heterocycles. The summed E-state index contributed by atoms with van der Waals surface area (Å²) in [7, 11) is 0. The normalized spacial score (nSPS) is 11.0. The molecule has 8 nitrogen and oxygen atoms in total. The first-order valence-electron chi connectivity index (χ1n) is 7.32. The third-order valence-corrected chi connectivity index (χ3v) is 5.06. The van der Waals surface area contributed by atoms with Crippen molar-refractivity contribution in [2.45, 2.75) is 42.9 Å². The predicted octanol–water partition coefficient (Wildman–Crippen LogP) is 2.82. The van der Waals surface area contributed by atoms with Gasteiger partial charge in [0, 0.05) is 6.54 Å². The summed E-state index contributed by atoms with van der Waals surface area (Å²) in [5, 5.41) is 24.1. The minimum atomic E-state index is 0.599. The Morgan fingerprint density at radius 3 is 3.13 bits per heavy atom. The van der Waals surface area contributed by atoms with Crippen molar-refractivity contribution >= 4 is 28.2 Å². The molecule has 3 heterocycles. The summed E-state index contributed by atoms with van der Waals surface area (Å²) in [5.74, 6) is 2.41. The Labute approximate surface area is 141 Å². The molecule has 0 unspecified atom stereocenters. The monoisotopic (exact) mass is 351 g/mol. The molecule has 0 radical (unpaired) electrons. The maximum Gasteiger partial charge on any atom is 0.206 e. The topological polar surface area (TPSA) is 94.5 Å². The average molecular weight is 351 g/mol. The van der Waals surface area contributed by atoms with Gasteiger partial charge in [-0.3, -0.25) is 0 Å². The lowest BCUT2D eigenvalue weighted by Gasteiger charge is -2.01. The van der Waals surface area contributed by atoms with E-state index in [4.69, 9.17) is 4.42 Å². The van der Waals surface area contributed by atoms with Gasteiger partial charge in [-0.2, -0.15) is 0 Å². The number of thioether (sulfide) groups is 1. The number of unbranched alkanes of at least 4 members (excludes halogenated alkanes) is 1. The van der Waals surface area contributed by atoms with Gasteiger partial charge in [-0.1, -0.05) is 36.4 Å². The predicted molar refractivity (Wildman–Crippen MR) is 88.2 cm³/mol. The van der Waals surface area contributed by atoms with E-state index in [0.29, 0.717) is 12.3 Å². The van der Waals surface area contributed by atoms with Gasteiger partial charge in [0.15, 0.2) is 10.2 Å². The van der Waals surface area contributed by atoms with Crippen LogP contribution in [0.2, 0.25) is 0 Å². The highest BCUT2D eigenvalue weighted by atomic mass is 32.2. The number of hydrogen-bond donors (Lipinski definition) is 1. The summed E-state index contributed by atoms with van der Waals surface area (Å²) in [5.41, 5.74) is 0. The quantitative estimate of drug-likeness (QED) is 0.588. The Balaban J connectivity index is 1.50. The molecule has 0 amide bonds. The molecule has 0 fully saturated rings. The minimum Gasteiger partial charge on any atom is -0.467 e. The van der Waals surface area contributed by atoms with Crippen LogP contribution in [0.15, 0.2) is 27.2 Å². The van der Waals surface area contributed by atoms with Crippen molar-refractivity contribution in [3.63, 3.8) is 0 Å². The number of anilines is 1. The number of nitrogens with one attached hydrogen (secondary N) is 1. The number of furan rings is 1. The molecule has 122 valence electrons. The molecule has 0 saturated carbocycles. The first-order valence-corrected chi connectivity index (χ1v) is 9.13. The van der Waals surface area contributed by atoms with Gasteiger partial charge in [-0.05, 0) is 29.0 Å². The van der Waals surface area contributed by atoms with E-state index in [2.05, 4.69) is 38.0 Å². The smallest absolute Gasteiger partial charge is 0.206 e. The van der Waals surface area contributed by atoms with Crippen LogP contribution in [0.3, 0.4) is 0 Å². The first-order chi connectivity index (χ1) is 11.3. The average Bonchev–Trinajstić information content (AvgIpc) is 3.30. The van der Waals surface area contributed by atoms with Crippen LogP contribution in [0.4, 0.5) is 5.13 Å². The van der Waals surface area contributed by atoms with Crippen LogP contribution in [0.1, 0.15) is 31.4 Å². The molecule has 0 saturated heterocycles. The highest BCUT2D eigenvalue weighted by molar-refractivity contribution is 8.00. The largest absolute Gasteiger partial charge is 0.467 e. The molecule has 3 rings (SSSR count). The van der Waals surface area contributed by atoms with Crippen molar-refractivity contribution in [3.05, 3.63) is 30.0 Å². The van der Waals surface area contributed by atoms with E-state index < -0.39 is 0 Å². The second-order valence-corrected chi connectivity index (χ2v) is 6.97. The molecule has 0 bridgehead atoms. The number of tetrazole rings is 1. The van der Waals surface area contributed by atoms with Gasteiger partial charge in [-0.15, -0.1) is 15.3 Å². The zero-order valence-corrected chi connectivity index (χ0v) is 14.3. The van der Waals surface area contributed by atoms with E-state index in [1.165, 1.54) is 11.3 Å². The fourth-order valence-corrected chi connectivity index (χ4v) is 3.53. The third kappa shape index (κ3) is 4.52. The molecule has 0 spiro atoms. The van der Waals surface area contributed by atoms with Crippen LogP contribution in [0, 0.1) is 0 Å². The number of nitrogens with zero attached hydrogens (tertiary/aromatic N) is 6. The Hall–Kier alpha value is -1.94. The standard InChI is InChI=1S/C13H17N7OS2/c1-2-3-6-20-11(15-18-19-20)9-22-13-17-16-12(23-13)14-8-10-5-4-7-21-10/h4-5,7H,2-3,6,8-9H2,1H3,(H,14,16). The van der Waals surface area contributed by atoms with Crippen LogP contribution < -0.4 is 5.32 Å². The molecule has 3 aromatic rings. The fourth-order valence-electron chi connectivity index (χ4n) is 1.85. The maximum atomic E-state index is 5.27. The summed E-state index contributed by atoms with van der Waals surface area (Å²) in [6.07, 6.45) is 3.84. The zero-order chi connectivity index (χ0) is 15.9. The van der Waals surface area contributed by atoms with Crippen LogP contribution in [0.5, 0.6) is 0 Å². The lowest BCUT2D eigenvalue weighted by Crippen LogP contribution is -2.04. The van der Waals surface area contributed by atoms with E-state index >= 15 is 0 Å². The third-order valence-electron chi connectivity index (χ3n) is 3.05. The molecular weight excluding hydrogens is 334 g/mol. The van der Waals surface area contributed by atoms with Crippen LogP contribution in [0.25, 0.3) is 0 Å². The molecule has 1 N–H and O–H groups in total. The highest BCUT2D eigenvalue weighted by Crippen LogP contribution is 2.28. The van der Waals surface area contributed by atoms with E-state index in [9.17, 15) is 0 Å². The molecule has 10 heteroatoms. The highest BCUT2D eigenvalue weighted by Gasteiger charge is 2.10. The molecule has 23 heavy (non-hydrogen) atoms. The summed E-state index contributed by atoms with van der Waals surface area (Å²) in [6.45, 7) is 3.60. The zero-order valence-electron chi connectivity index (χ0n) is 12.7. The van der Waals surface area contributed by atoms with Crippen LogP contribution >= 0.6 is 23.1 Å². The Kier molecular flexibility index (Phi) is 5.59. The Bertz CT molecular complexity index is 710. The minimum absolute atomic E-state index is 0.599. The van der Waals surface area contributed by atoms with Crippen molar-refractivity contribution in [2.24, 2.45) is 0 Å². The van der Waals surface area contributed by atoms with E-state index in [0.717, 1.165) is 40.4 Å². The lowest BCUT2D eigenvalue weighted by atomic mass is 10.3. The van der Waals surface area contributed by atoms with E-state index in [1.54, 1.807) is 18.0 Å². The van der Waals surface area contributed by atoms with Gasteiger partial charge in [0.2, 0.25) is 5.13 Å². The molecular formula is C13H17N7OS2. The van der Waals surface area contributed by atoms with Gasteiger partial charge < -0.3 is 9.73 Å². The molecule has 0 aliphatic rings. The maximum absolute atomic E-state index is 5.27. The Morgan fingerprint density at radius 1 is 1.35 bits per heavy atom. The number of hydrogen-bond acceptors (Lipinski definition) is 9. The van der Waals surface area contributed by atoms with E-state index in [-0.39, 0.29) is 0 Å². The van der Waals surface area contributed by atoms with Gasteiger partial charge >= 0.3 is 0 Å². The number of aromatic nitrogens is 6. The lowest BCUT2D eigenvalue weighted by molar-refractivity contribution is 0.518. The summed E-state index contributed by atoms with van der Waals surface area (Å²) < 4.78 is 8.01. The van der Waals surface area contributed by atoms with Crippen LogP contribution in [-0.2, 0) is 18.8 Å². The fraction of sp³-hybridized carbons (Fsp3) is 0.462. The molecule has 0 atom stereocenters. The van der Waals surface area contributed by atoms with E-state index in [1.807, 2.05) is 16.8 Å². The van der Waals surface area contributed by atoms with Gasteiger partial charge in [0.25, 0.3) is 0 Å². The van der Waals surface area contributed by atoms with Crippen molar-refractivity contribution in [2.75, 3.05) is 5.32 Å². The summed E-state index contributed by atoms with van der Waals surface area (Å²) in [6, 6.07) is 3.78. The van der Waals surface area contributed by atoms with Crippen molar-refractivity contribution in [1.29, 1.82) is 0 Å². The number of rotatable bonds is 9. The van der Waals surface area contributed by atoms with Crippen molar-refractivity contribution < 1.29 is 4.42 Å². The molecule has 0 aliphatic carbocycles. The summed E-state index contributed by atoms with van der Waals surface area (Å²) in [4.78, 5) is 0. The van der Waals surface area contributed by atoms with Gasteiger partial charge in [-0.25, -0.2) is 4.68 Å². The van der Waals surface area contributed by atoms with Crippen molar-refractivity contribution in [1.82, 2.24) is 30.4 Å². The second-order valence-electron chi connectivity index (χ2n) is 4.77. The SMILES string of the molecule is CCCCn1nnnc1CSc1nnc(NCc2ccco2)s1. The summed E-state index contributed by atoms with van der Waals surface area (Å²) >= 11 is 3.10. The molecule has 0 aromatic carbocycles. The number of aryl methyl sites for hydroxylation is 1. The van der Waals surface area contributed by atoms with Crippen LogP contribution in [-0.4, -0.2) is 30.4 Å². The first kappa shape index (κ1) is 15.9. The second kappa shape index (κ2) is 8.06.